The number of nitrogens with zero attached hydrogens (tertiary/aromatic N) is 2. The van der Waals surface area contributed by atoms with Crippen LogP contribution in [-0.4, -0.2) is 36.4 Å². The van der Waals surface area contributed by atoms with Gasteiger partial charge in [0.2, 0.25) is 0 Å². The van der Waals surface area contributed by atoms with Gasteiger partial charge in [0, 0.05) is 24.7 Å². The van der Waals surface area contributed by atoms with Crippen LogP contribution in [0, 0.1) is 0 Å². The van der Waals surface area contributed by atoms with E-state index in [-0.39, 0.29) is 18.3 Å². The molecule has 5 heteroatoms. The Kier molecular flexibility index (Phi) is 4.12. The first-order valence-corrected chi connectivity index (χ1v) is 7.37. The molecule has 0 radical (unpaired) electrons. The lowest BCUT2D eigenvalue weighted by Crippen LogP contribution is -2.41. The van der Waals surface area contributed by atoms with Crippen LogP contribution >= 0.6 is 0 Å². The molecule has 0 bridgehead atoms. The van der Waals surface area contributed by atoms with Crippen LogP contribution in [0.4, 0.5) is 5.82 Å². The molecule has 0 aliphatic carbocycles. The molecule has 1 fully saturated rings. The van der Waals surface area contributed by atoms with Crippen molar-refractivity contribution in [2.24, 2.45) is 0 Å². The van der Waals surface area contributed by atoms with Gasteiger partial charge < -0.3 is 14.2 Å². The van der Waals surface area contributed by atoms with Gasteiger partial charge in [-0.25, -0.2) is 4.98 Å². The standard InChI is InChI=1S/C15H25BN2O2/c1-7-18(8-2)13-10-9-12(11-17-13)16-19-14(3,4)15(5,6)20-16/h9-11H,7-8H2,1-6H3. The molecule has 0 atom stereocenters. The highest BCUT2D eigenvalue weighted by atomic mass is 16.7. The second kappa shape index (κ2) is 5.37. The molecule has 4 nitrogen and oxygen atoms in total. The lowest BCUT2D eigenvalue weighted by Gasteiger charge is -2.32. The summed E-state index contributed by atoms with van der Waals surface area (Å²) < 4.78 is 12.1. The molecule has 20 heavy (non-hydrogen) atoms. The zero-order valence-corrected chi connectivity index (χ0v) is 13.4. The fraction of sp³-hybridized carbons (Fsp3) is 0.667. The smallest absolute Gasteiger partial charge is 0.399 e. The largest absolute Gasteiger partial charge is 0.496 e. The van der Waals surface area contributed by atoms with Crippen molar-refractivity contribution < 1.29 is 9.31 Å². The molecule has 0 N–H and O–H groups in total. The van der Waals surface area contributed by atoms with Crippen molar-refractivity contribution in [3.8, 4) is 0 Å². The molecule has 110 valence electrons. The van der Waals surface area contributed by atoms with Gasteiger partial charge >= 0.3 is 7.12 Å². The van der Waals surface area contributed by atoms with Crippen molar-refractivity contribution in [3.63, 3.8) is 0 Å². The van der Waals surface area contributed by atoms with E-state index < -0.39 is 0 Å². The van der Waals surface area contributed by atoms with E-state index in [1.807, 2.05) is 18.3 Å². The Labute approximate surface area is 122 Å². The second-order valence-electron chi connectivity index (χ2n) is 6.21. The molecule has 2 heterocycles. The summed E-state index contributed by atoms with van der Waals surface area (Å²) in [6.07, 6.45) is 1.86. The van der Waals surface area contributed by atoms with E-state index in [0.29, 0.717) is 0 Å². The van der Waals surface area contributed by atoms with Crippen molar-refractivity contribution in [2.45, 2.75) is 52.7 Å². The van der Waals surface area contributed by atoms with E-state index in [1.54, 1.807) is 0 Å². The van der Waals surface area contributed by atoms with Gasteiger partial charge in [-0.3, -0.25) is 0 Å². The average molecular weight is 276 g/mol. The Morgan fingerprint density at radius 2 is 1.60 bits per heavy atom. The van der Waals surface area contributed by atoms with Gasteiger partial charge in [0.05, 0.1) is 11.2 Å². The second-order valence-corrected chi connectivity index (χ2v) is 6.21. The molecule has 0 spiro atoms. The normalized spacial score (nSPS) is 20.2. The zero-order valence-electron chi connectivity index (χ0n) is 13.4. The SMILES string of the molecule is CCN(CC)c1ccc(B2OC(C)(C)C(C)(C)O2)cn1. The van der Waals surface area contributed by atoms with Gasteiger partial charge in [-0.1, -0.05) is 6.07 Å². The van der Waals surface area contributed by atoms with E-state index in [2.05, 4.69) is 51.4 Å². The van der Waals surface area contributed by atoms with Gasteiger partial charge in [0.25, 0.3) is 0 Å². The molecule has 1 aliphatic heterocycles. The molecule has 1 aromatic rings. The molecule has 0 aromatic carbocycles. The fourth-order valence-corrected chi connectivity index (χ4v) is 2.25. The molecule has 0 unspecified atom stereocenters. The van der Waals surface area contributed by atoms with E-state index in [0.717, 1.165) is 24.4 Å². The van der Waals surface area contributed by atoms with Gasteiger partial charge in [0.15, 0.2) is 0 Å². The minimum atomic E-state index is -0.335. The highest BCUT2D eigenvalue weighted by Gasteiger charge is 2.51. The lowest BCUT2D eigenvalue weighted by atomic mass is 9.80. The molecule has 1 aliphatic rings. The van der Waals surface area contributed by atoms with Crippen LogP contribution in [0.2, 0.25) is 0 Å². The predicted molar refractivity (Wildman–Crippen MR) is 83.5 cm³/mol. The summed E-state index contributed by atoms with van der Waals surface area (Å²) in [5, 5.41) is 0. The molecule has 0 amide bonds. The molecular weight excluding hydrogens is 251 g/mol. The van der Waals surface area contributed by atoms with Crippen molar-refractivity contribution in [1.82, 2.24) is 4.98 Å². The lowest BCUT2D eigenvalue weighted by molar-refractivity contribution is 0.00578. The molecule has 1 saturated heterocycles. The Morgan fingerprint density at radius 3 is 2.00 bits per heavy atom. The van der Waals surface area contributed by atoms with Crippen LogP contribution in [-0.2, 0) is 9.31 Å². The summed E-state index contributed by atoms with van der Waals surface area (Å²) in [4.78, 5) is 6.74. The first-order valence-electron chi connectivity index (χ1n) is 7.37. The topological polar surface area (TPSA) is 34.6 Å². The maximum Gasteiger partial charge on any atom is 0.496 e. The minimum absolute atomic E-state index is 0.310. The quantitative estimate of drug-likeness (QED) is 0.790. The van der Waals surface area contributed by atoms with Crippen molar-refractivity contribution >= 4 is 18.4 Å². The average Bonchev–Trinajstić information content (AvgIpc) is 2.61. The van der Waals surface area contributed by atoms with Gasteiger partial charge in [-0.05, 0) is 47.6 Å². The maximum atomic E-state index is 6.03. The maximum absolute atomic E-state index is 6.03. The van der Waals surface area contributed by atoms with Crippen LogP contribution in [0.1, 0.15) is 41.5 Å². The third-order valence-electron chi connectivity index (χ3n) is 4.38. The van der Waals surface area contributed by atoms with Crippen LogP contribution in [0.5, 0.6) is 0 Å². The van der Waals surface area contributed by atoms with Crippen molar-refractivity contribution in [3.05, 3.63) is 18.3 Å². The minimum Gasteiger partial charge on any atom is -0.399 e. The van der Waals surface area contributed by atoms with Crippen molar-refractivity contribution in [1.29, 1.82) is 0 Å². The fourth-order valence-electron chi connectivity index (χ4n) is 2.25. The van der Waals surface area contributed by atoms with E-state index in [9.17, 15) is 0 Å². The van der Waals surface area contributed by atoms with Gasteiger partial charge in [-0.2, -0.15) is 0 Å². The van der Waals surface area contributed by atoms with E-state index >= 15 is 0 Å². The molecule has 1 aromatic heterocycles. The monoisotopic (exact) mass is 276 g/mol. The highest BCUT2D eigenvalue weighted by molar-refractivity contribution is 6.62. The summed E-state index contributed by atoms with van der Waals surface area (Å²) in [7, 11) is -0.335. The summed E-state index contributed by atoms with van der Waals surface area (Å²) in [6.45, 7) is 14.4. The Bertz CT molecular complexity index is 439. The number of hydrogen-bond donors (Lipinski definition) is 0. The third kappa shape index (κ3) is 2.70. The first kappa shape index (κ1) is 15.3. The van der Waals surface area contributed by atoms with Crippen molar-refractivity contribution in [2.75, 3.05) is 18.0 Å². The number of anilines is 1. The highest BCUT2D eigenvalue weighted by Crippen LogP contribution is 2.36. The number of pyridine rings is 1. The summed E-state index contributed by atoms with van der Waals surface area (Å²) >= 11 is 0. The molecule has 0 saturated carbocycles. The number of hydrogen-bond acceptors (Lipinski definition) is 4. The zero-order chi connectivity index (χ0) is 15.0. The predicted octanol–water partition coefficient (Wildman–Crippen LogP) is 2.23. The molecule has 2 rings (SSSR count). The third-order valence-corrected chi connectivity index (χ3v) is 4.38. The first-order chi connectivity index (χ1) is 9.30. The summed E-state index contributed by atoms with van der Waals surface area (Å²) in [5.74, 6) is 0.996. The summed E-state index contributed by atoms with van der Waals surface area (Å²) in [6, 6.07) is 4.08. The van der Waals surface area contributed by atoms with Crippen LogP contribution < -0.4 is 10.4 Å². The van der Waals surface area contributed by atoms with Gasteiger partial charge in [-0.15, -0.1) is 0 Å². The Morgan fingerprint density at radius 1 is 1.05 bits per heavy atom. The van der Waals surface area contributed by atoms with E-state index in [4.69, 9.17) is 9.31 Å². The van der Waals surface area contributed by atoms with E-state index in [1.165, 1.54) is 0 Å². The number of rotatable bonds is 4. The molecular formula is C15H25BN2O2. The van der Waals surface area contributed by atoms with Crippen LogP contribution in [0.3, 0.4) is 0 Å². The van der Waals surface area contributed by atoms with Crippen LogP contribution in [0.15, 0.2) is 18.3 Å². The summed E-state index contributed by atoms with van der Waals surface area (Å²) in [5.41, 5.74) is 0.351. The van der Waals surface area contributed by atoms with Crippen LogP contribution in [0.25, 0.3) is 0 Å². The Hall–Kier alpha value is -1.07. The number of aromatic nitrogens is 1. The Balaban J connectivity index is 2.16. The van der Waals surface area contributed by atoms with Gasteiger partial charge in [0.1, 0.15) is 5.82 Å².